The van der Waals surface area contributed by atoms with Gasteiger partial charge >= 0.3 is 0 Å². The van der Waals surface area contributed by atoms with Crippen molar-refractivity contribution in [2.45, 2.75) is 25.8 Å². The van der Waals surface area contributed by atoms with Crippen LogP contribution in [0.25, 0.3) is 0 Å². The molecule has 0 aliphatic carbocycles. The van der Waals surface area contributed by atoms with Crippen LogP contribution in [0.2, 0.25) is 0 Å². The van der Waals surface area contributed by atoms with Crippen LogP contribution in [-0.4, -0.2) is 23.7 Å². The summed E-state index contributed by atoms with van der Waals surface area (Å²) >= 11 is 3.03. The minimum absolute atomic E-state index is 0.0404. The molecule has 5 heteroatoms. The highest BCUT2D eigenvalue weighted by Gasteiger charge is 2.11. The summed E-state index contributed by atoms with van der Waals surface area (Å²) in [6.07, 6.45) is 1.33. The lowest BCUT2D eigenvalue weighted by atomic mass is 10.1. The summed E-state index contributed by atoms with van der Waals surface area (Å²) in [4.78, 5) is 11.7. The van der Waals surface area contributed by atoms with Gasteiger partial charge in [0.05, 0.1) is 4.47 Å². The maximum atomic E-state index is 13.2. The largest absolute Gasteiger partial charge is 0.396 e. The van der Waals surface area contributed by atoms with E-state index < -0.39 is 5.82 Å². The number of halogens is 2. The van der Waals surface area contributed by atoms with E-state index in [4.69, 9.17) is 5.11 Å². The number of amides is 1. The summed E-state index contributed by atoms with van der Waals surface area (Å²) < 4.78 is 13.6. The molecule has 1 aromatic carbocycles. The topological polar surface area (TPSA) is 49.3 Å². The van der Waals surface area contributed by atoms with Gasteiger partial charge in [-0.05, 0) is 53.9 Å². The molecular formula is C12H15BrFNO2. The van der Waals surface area contributed by atoms with Crippen molar-refractivity contribution in [1.82, 2.24) is 5.32 Å². The Kier molecular flexibility index (Phi) is 5.58. The first-order valence-corrected chi connectivity index (χ1v) is 6.20. The van der Waals surface area contributed by atoms with E-state index in [1.807, 2.05) is 6.92 Å². The van der Waals surface area contributed by atoms with Crippen molar-refractivity contribution in [2.75, 3.05) is 6.61 Å². The maximum Gasteiger partial charge on any atom is 0.251 e. The van der Waals surface area contributed by atoms with E-state index >= 15 is 0 Å². The van der Waals surface area contributed by atoms with Crippen molar-refractivity contribution in [3.8, 4) is 0 Å². The van der Waals surface area contributed by atoms with Crippen molar-refractivity contribution >= 4 is 21.8 Å². The Balaban J connectivity index is 2.60. The fourth-order valence-electron chi connectivity index (χ4n) is 1.41. The van der Waals surface area contributed by atoms with Gasteiger partial charge in [-0.15, -0.1) is 0 Å². The number of aliphatic hydroxyl groups is 1. The van der Waals surface area contributed by atoms with Gasteiger partial charge in [0.2, 0.25) is 0 Å². The highest BCUT2D eigenvalue weighted by atomic mass is 79.9. The second-order valence-electron chi connectivity index (χ2n) is 3.87. The zero-order chi connectivity index (χ0) is 12.8. The third kappa shape index (κ3) is 4.44. The fourth-order valence-corrected chi connectivity index (χ4v) is 1.66. The molecule has 94 valence electrons. The molecule has 0 fully saturated rings. The third-order valence-corrected chi connectivity index (χ3v) is 3.00. The molecule has 0 heterocycles. The van der Waals surface area contributed by atoms with Crippen LogP contribution in [0.4, 0.5) is 4.39 Å². The lowest BCUT2D eigenvalue weighted by Crippen LogP contribution is -2.32. The number of benzene rings is 1. The number of carbonyl (C=O) groups excluding carboxylic acids is 1. The molecule has 0 saturated heterocycles. The Hall–Kier alpha value is -0.940. The molecule has 3 nitrogen and oxygen atoms in total. The van der Waals surface area contributed by atoms with E-state index in [1.54, 1.807) is 6.07 Å². The average molecular weight is 304 g/mol. The van der Waals surface area contributed by atoms with Crippen LogP contribution in [0.3, 0.4) is 0 Å². The number of aliphatic hydroxyl groups excluding tert-OH is 1. The number of hydrogen-bond acceptors (Lipinski definition) is 2. The highest BCUT2D eigenvalue weighted by molar-refractivity contribution is 9.10. The molecule has 1 atom stereocenters. The van der Waals surface area contributed by atoms with Gasteiger partial charge in [0.1, 0.15) is 5.82 Å². The molecule has 0 radical (unpaired) electrons. The summed E-state index contributed by atoms with van der Waals surface area (Å²) in [6.45, 7) is 1.95. The predicted molar refractivity (Wildman–Crippen MR) is 67.3 cm³/mol. The standard InChI is InChI=1S/C12H15BrFNO2/c1-8(3-2-6-16)15-12(17)9-4-5-10(13)11(14)7-9/h4-5,7-8,16H,2-3,6H2,1H3,(H,15,17). The first-order chi connectivity index (χ1) is 8.04. The third-order valence-electron chi connectivity index (χ3n) is 2.35. The van der Waals surface area contributed by atoms with E-state index in [9.17, 15) is 9.18 Å². The Morgan fingerprint density at radius 1 is 1.59 bits per heavy atom. The monoisotopic (exact) mass is 303 g/mol. The van der Waals surface area contributed by atoms with E-state index in [0.717, 1.165) is 0 Å². The maximum absolute atomic E-state index is 13.2. The molecule has 0 aliphatic heterocycles. The quantitative estimate of drug-likeness (QED) is 0.878. The average Bonchev–Trinajstić information content (AvgIpc) is 2.30. The summed E-state index contributed by atoms with van der Waals surface area (Å²) in [7, 11) is 0. The second-order valence-corrected chi connectivity index (χ2v) is 4.72. The SMILES string of the molecule is CC(CCCO)NC(=O)c1ccc(Br)c(F)c1. The molecule has 0 saturated carbocycles. The number of carbonyl (C=O) groups is 1. The van der Waals surface area contributed by atoms with Crippen molar-refractivity contribution in [1.29, 1.82) is 0 Å². The van der Waals surface area contributed by atoms with Crippen LogP contribution in [-0.2, 0) is 0 Å². The van der Waals surface area contributed by atoms with Gasteiger partial charge in [0.15, 0.2) is 0 Å². The summed E-state index contributed by atoms with van der Waals surface area (Å²) in [6, 6.07) is 4.21. The first kappa shape index (κ1) is 14.1. The van der Waals surface area contributed by atoms with Crippen molar-refractivity contribution in [2.24, 2.45) is 0 Å². The van der Waals surface area contributed by atoms with Gasteiger partial charge in [-0.1, -0.05) is 0 Å². The van der Waals surface area contributed by atoms with E-state index in [0.29, 0.717) is 22.9 Å². The van der Waals surface area contributed by atoms with Crippen LogP contribution in [0.15, 0.2) is 22.7 Å². The molecule has 1 aromatic rings. The van der Waals surface area contributed by atoms with Gasteiger partial charge in [-0.3, -0.25) is 4.79 Å². The normalized spacial score (nSPS) is 12.2. The lowest BCUT2D eigenvalue weighted by molar-refractivity contribution is 0.0936. The van der Waals surface area contributed by atoms with Crippen molar-refractivity contribution in [3.05, 3.63) is 34.1 Å². The summed E-state index contributed by atoms with van der Waals surface area (Å²) in [5.74, 6) is -0.762. The van der Waals surface area contributed by atoms with Crippen LogP contribution < -0.4 is 5.32 Å². The first-order valence-electron chi connectivity index (χ1n) is 5.41. The Labute approximate surface area is 108 Å². The predicted octanol–water partition coefficient (Wildman–Crippen LogP) is 2.48. The van der Waals surface area contributed by atoms with Gasteiger partial charge in [-0.25, -0.2) is 4.39 Å². The van der Waals surface area contributed by atoms with E-state index in [2.05, 4.69) is 21.2 Å². The molecule has 17 heavy (non-hydrogen) atoms. The van der Waals surface area contributed by atoms with Gasteiger partial charge in [-0.2, -0.15) is 0 Å². The molecule has 0 aliphatic rings. The Morgan fingerprint density at radius 3 is 2.88 bits per heavy atom. The zero-order valence-electron chi connectivity index (χ0n) is 9.54. The van der Waals surface area contributed by atoms with Crippen LogP contribution >= 0.6 is 15.9 Å². The van der Waals surface area contributed by atoms with E-state index in [-0.39, 0.29) is 18.6 Å². The minimum Gasteiger partial charge on any atom is -0.396 e. The molecule has 0 spiro atoms. The molecule has 0 aromatic heterocycles. The molecular weight excluding hydrogens is 289 g/mol. The highest BCUT2D eigenvalue weighted by Crippen LogP contribution is 2.16. The fraction of sp³-hybridized carbons (Fsp3) is 0.417. The van der Waals surface area contributed by atoms with Gasteiger partial charge in [0, 0.05) is 18.2 Å². The Bertz CT molecular complexity index is 398. The Morgan fingerprint density at radius 2 is 2.29 bits per heavy atom. The minimum atomic E-state index is -0.458. The molecule has 1 unspecified atom stereocenters. The summed E-state index contributed by atoms with van der Waals surface area (Å²) in [5.41, 5.74) is 0.293. The number of rotatable bonds is 5. The van der Waals surface area contributed by atoms with Crippen LogP contribution in [0.5, 0.6) is 0 Å². The molecule has 2 N–H and O–H groups in total. The number of hydrogen-bond donors (Lipinski definition) is 2. The van der Waals surface area contributed by atoms with Crippen LogP contribution in [0.1, 0.15) is 30.1 Å². The summed E-state index contributed by atoms with van der Waals surface area (Å²) in [5, 5.41) is 11.4. The van der Waals surface area contributed by atoms with Gasteiger partial charge in [0.25, 0.3) is 5.91 Å². The van der Waals surface area contributed by atoms with Crippen molar-refractivity contribution in [3.63, 3.8) is 0 Å². The lowest BCUT2D eigenvalue weighted by Gasteiger charge is -2.13. The smallest absolute Gasteiger partial charge is 0.251 e. The van der Waals surface area contributed by atoms with E-state index in [1.165, 1.54) is 12.1 Å². The zero-order valence-corrected chi connectivity index (χ0v) is 11.1. The molecule has 1 rings (SSSR count). The number of nitrogens with one attached hydrogen (secondary N) is 1. The van der Waals surface area contributed by atoms with Crippen molar-refractivity contribution < 1.29 is 14.3 Å². The van der Waals surface area contributed by atoms with Gasteiger partial charge < -0.3 is 10.4 Å². The molecule has 1 amide bonds. The molecule has 0 bridgehead atoms. The second kappa shape index (κ2) is 6.71. The van der Waals surface area contributed by atoms with Crippen LogP contribution in [0, 0.1) is 5.82 Å².